The molecule has 0 aliphatic heterocycles. The van der Waals surface area contributed by atoms with Crippen molar-refractivity contribution in [3.8, 4) is 0 Å². The van der Waals surface area contributed by atoms with Crippen LogP contribution in [0, 0.1) is 5.82 Å². The average molecular weight is 568 g/mol. The Labute approximate surface area is 241 Å². The summed E-state index contributed by atoms with van der Waals surface area (Å²) in [6.07, 6.45) is 17.7. The van der Waals surface area contributed by atoms with Crippen molar-refractivity contribution in [2.75, 3.05) is 13.6 Å². The van der Waals surface area contributed by atoms with Crippen LogP contribution >= 0.6 is 11.8 Å². The number of hydrogen-bond acceptors (Lipinski definition) is 6. The number of carbonyl (C=O) groups is 1. The zero-order valence-electron chi connectivity index (χ0n) is 23.9. The highest BCUT2D eigenvalue weighted by atomic mass is 32.2. The van der Waals surface area contributed by atoms with E-state index in [0.717, 1.165) is 18.4 Å². The lowest BCUT2D eigenvalue weighted by atomic mass is 10.1. The molecule has 0 saturated carbocycles. The molecule has 1 amide bonds. The SMILES string of the molecule is CCCCCCCCCCCCN(C)C(=O)Cn1cc(Cc2ncccn2)c(=O)nc1SCc1ccc(F)cc1. The van der Waals surface area contributed by atoms with Gasteiger partial charge in [0.25, 0.3) is 5.56 Å². The predicted molar refractivity (Wildman–Crippen MR) is 159 cm³/mol. The van der Waals surface area contributed by atoms with E-state index >= 15 is 0 Å². The Morgan fingerprint density at radius 1 is 0.950 bits per heavy atom. The van der Waals surface area contributed by atoms with Crippen molar-refractivity contribution in [2.24, 2.45) is 0 Å². The van der Waals surface area contributed by atoms with E-state index in [1.807, 2.05) is 7.05 Å². The van der Waals surface area contributed by atoms with Crippen molar-refractivity contribution in [3.63, 3.8) is 0 Å². The lowest BCUT2D eigenvalue weighted by Gasteiger charge is -2.20. The number of nitrogens with zero attached hydrogens (tertiary/aromatic N) is 5. The molecular weight excluding hydrogens is 525 g/mol. The van der Waals surface area contributed by atoms with E-state index in [4.69, 9.17) is 0 Å². The van der Waals surface area contributed by atoms with Gasteiger partial charge < -0.3 is 9.47 Å². The summed E-state index contributed by atoms with van der Waals surface area (Å²) in [5.74, 6) is 0.680. The highest BCUT2D eigenvalue weighted by Gasteiger charge is 2.16. The third-order valence-corrected chi connectivity index (χ3v) is 7.92. The molecule has 0 bridgehead atoms. The van der Waals surface area contributed by atoms with Gasteiger partial charge in [-0.3, -0.25) is 9.59 Å². The maximum atomic E-state index is 13.3. The van der Waals surface area contributed by atoms with Gasteiger partial charge in [0.15, 0.2) is 5.16 Å². The van der Waals surface area contributed by atoms with Gasteiger partial charge in [0.05, 0.1) is 0 Å². The molecule has 216 valence electrons. The van der Waals surface area contributed by atoms with Crippen LogP contribution in [0.4, 0.5) is 4.39 Å². The van der Waals surface area contributed by atoms with Crippen molar-refractivity contribution in [1.82, 2.24) is 24.4 Å². The molecule has 3 rings (SSSR count). The Kier molecular flexibility index (Phi) is 13.8. The summed E-state index contributed by atoms with van der Waals surface area (Å²) in [5.41, 5.74) is 0.970. The van der Waals surface area contributed by atoms with Crippen LogP contribution in [0.1, 0.15) is 88.1 Å². The maximum Gasteiger partial charge on any atom is 0.277 e. The first-order valence-electron chi connectivity index (χ1n) is 14.4. The molecule has 9 heteroatoms. The molecule has 0 radical (unpaired) electrons. The Balaban J connectivity index is 1.58. The summed E-state index contributed by atoms with van der Waals surface area (Å²) in [7, 11) is 1.83. The fourth-order valence-corrected chi connectivity index (χ4v) is 5.34. The highest BCUT2D eigenvalue weighted by Crippen LogP contribution is 2.21. The standard InChI is InChI=1S/C31H42FN5O2S/c1-3-4-5-6-7-8-9-10-11-12-20-36(2)29(38)23-37-22-26(21-28-33-18-13-19-34-28)30(39)35-31(37)40-24-25-14-16-27(32)17-15-25/h13-19,22H,3-12,20-21,23-24H2,1-2H3. The molecule has 3 aromatic rings. The minimum absolute atomic E-state index is 0.0353. The van der Waals surface area contributed by atoms with Crippen LogP contribution in [0.3, 0.4) is 0 Å². The molecule has 0 saturated heterocycles. The van der Waals surface area contributed by atoms with Crippen molar-refractivity contribution in [3.05, 3.63) is 82.0 Å². The number of halogens is 1. The van der Waals surface area contributed by atoms with Crippen LogP contribution in [-0.2, 0) is 23.5 Å². The van der Waals surface area contributed by atoms with Crippen molar-refractivity contribution in [2.45, 2.75) is 95.0 Å². The van der Waals surface area contributed by atoms with E-state index in [9.17, 15) is 14.0 Å². The summed E-state index contributed by atoms with van der Waals surface area (Å²) in [5, 5.41) is 0.452. The van der Waals surface area contributed by atoms with Crippen molar-refractivity contribution in [1.29, 1.82) is 0 Å². The summed E-state index contributed by atoms with van der Waals surface area (Å²) in [6, 6.07) is 7.95. The zero-order chi connectivity index (χ0) is 28.6. The number of carbonyl (C=O) groups excluding carboxylic acids is 1. The van der Waals surface area contributed by atoms with Crippen molar-refractivity contribution >= 4 is 17.7 Å². The number of rotatable bonds is 18. The normalized spacial score (nSPS) is 11.1. The molecule has 0 N–H and O–H groups in total. The van der Waals surface area contributed by atoms with Crippen LogP contribution in [-0.4, -0.2) is 43.9 Å². The van der Waals surface area contributed by atoms with E-state index in [0.29, 0.717) is 28.8 Å². The van der Waals surface area contributed by atoms with Gasteiger partial charge in [-0.25, -0.2) is 14.4 Å². The summed E-state index contributed by atoms with van der Waals surface area (Å²) in [4.78, 5) is 40.5. The Bertz CT molecular complexity index is 1220. The van der Waals surface area contributed by atoms with Crippen LogP contribution in [0.5, 0.6) is 0 Å². The molecule has 40 heavy (non-hydrogen) atoms. The van der Waals surface area contributed by atoms with E-state index in [-0.39, 0.29) is 30.2 Å². The fraction of sp³-hybridized carbons (Fsp3) is 0.516. The number of thioether (sulfide) groups is 1. The molecule has 2 aromatic heterocycles. The number of likely N-dealkylation sites (N-methyl/N-ethyl adjacent to an activating group) is 1. The second-order valence-electron chi connectivity index (χ2n) is 10.2. The Morgan fingerprint density at radius 3 is 2.23 bits per heavy atom. The summed E-state index contributed by atoms with van der Waals surface area (Å²) in [6.45, 7) is 3.02. The third kappa shape index (κ3) is 11.2. The largest absolute Gasteiger partial charge is 0.344 e. The van der Waals surface area contributed by atoms with E-state index in [2.05, 4.69) is 21.9 Å². The van der Waals surface area contributed by atoms with Gasteiger partial charge in [-0.1, -0.05) is 88.6 Å². The second-order valence-corrected chi connectivity index (χ2v) is 11.2. The molecule has 0 fully saturated rings. The van der Waals surface area contributed by atoms with Crippen LogP contribution < -0.4 is 5.56 Å². The molecule has 0 aliphatic carbocycles. The van der Waals surface area contributed by atoms with Crippen molar-refractivity contribution < 1.29 is 9.18 Å². The number of aromatic nitrogens is 4. The highest BCUT2D eigenvalue weighted by molar-refractivity contribution is 7.98. The molecule has 1 aromatic carbocycles. The van der Waals surface area contributed by atoms with E-state index in [1.54, 1.807) is 46.3 Å². The number of benzene rings is 1. The van der Waals surface area contributed by atoms with Gasteiger partial charge in [0, 0.05) is 49.9 Å². The quantitative estimate of drug-likeness (QED) is 0.100. The lowest BCUT2D eigenvalue weighted by molar-refractivity contribution is -0.130. The number of unbranched alkanes of at least 4 members (excludes halogenated alkanes) is 9. The minimum Gasteiger partial charge on any atom is -0.344 e. The minimum atomic E-state index is -0.364. The predicted octanol–water partition coefficient (Wildman–Crippen LogP) is 6.43. The van der Waals surface area contributed by atoms with Crippen LogP contribution in [0.25, 0.3) is 0 Å². The van der Waals surface area contributed by atoms with Gasteiger partial charge in [-0.05, 0) is 30.2 Å². The first-order valence-corrected chi connectivity index (χ1v) is 15.4. The summed E-state index contributed by atoms with van der Waals surface area (Å²) < 4.78 is 15.1. The van der Waals surface area contributed by atoms with Gasteiger partial charge in [0.2, 0.25) is 5.91 Å². The molecule has 2 heterocycles. The lowest BCUT2D eigenvalue weighted by Crippen LogP contribution is -2.32. The van der Waals surface area contributed by atoms with Crippen LogP contribution in [0.15, 0.2) is 58.9 Å². The molecule has 7 nitrogen and oxygen atoms in total. The summed E-state index contributed by atoms with van der Waals surface area (Å²) >= 11 is 1.35. The van der Waals surface area contributed by atoms with E-state index < -0.39 is 0 Å². The molecule has 0 spiro atoms. The first kappa shape index (κ1) is 31.5. The first-order chi connectivity index (χ1) is 19.5. The number of hydrogen-bond donors (Lipinski definition) is 0. The molecular formula is C31H42FN5O2S. The van der Waals surface area contributed by atoms with Gasteiger partial charge in [-0.2, -0.15) is 4.98 Å². The molecule has 0 unspecified atom stereocenters. The Morgan fingerprint density at radius 2 is 1.57 bits per heavy atom. The smallest absolute Gasteiger partial charge is 0.277 e. The van der Waals surface area contributed by atoms with E-state index in [1.165, 1.54) is 75.3 Å². The topological polar surface area (TPSA) is 81.0 Å². The average Bonchev–Trinajstić information content (AvgIpc) is 2.96. The number of amides is 1. The van der Waals surface area contributed by atoms with Crippen LogP contribution in [0.2, 0.25) is 0 Å². The van der Waals surface area contributed by atoms with Gasteiger partial charge in [-0.15, -0.1) is 0 Å². The second kappa shape index (κ2) is 17.6. The van der Waals surface area contributed by atoms with Gasteiger partial charge >= 0.3 is 0 Å². The molecule has 0 atom stereocenters. The monoisotopic (exact) mass is 567 g/mol. The zero-order valence-corrected chi connectivity index (χ0v) is 24.7. The molecule has 0 aliphatic rings. The van der Waals surface area contributed by atoms with Gasteiger partial charge in [0.1, 0.15) is 18.2 Å². The maximum absolute atomic E-state index is 13.3. The Hall–Kier alpha value is -3.07. The third-order valence-electron chi connectivity index (χ3n) is 6.86. The fourth-order valence-electron chi connectivity index (χ4n) is 4.42.